The maximum atomic E-state index is 13.2. The van der Waals surface area contributed by atoms with Crippen LogP contribution in [0.25, 0.3) is 0 Å². The van der Waals surface area contributed by atoms with Gasteiger partial charge in [0.1, 0.15) is 6.54 Å². The first kappa shape index (κ1) is 18.8. The molecule has 1 amide bonds. The summed E-state index contributed by atoms with van der Waals surface area (Å²) >= 11 is 6.31. The molecule has 2 aromatic carbocycles. The van der Waals surface area contributed by atoms with Gasteiger partial charge in [-0.05, 0) is 30.4 Å². The Bertz CT molecular complexity index is 920. The van der Waals surface area contributed by atoms with E-state index in [0.717, 1.165) is 30.5 Å². The van der Waals surface area contributed by atoms with E-state index in [1.165, 1.54) is 5.56 Å². The van der Waals surface area contributed by atoms with Gasteiger partial charge in [0, 0.05) is 19.0 Å². The van der Waals surface area contributed by atoms with E-state index >= 15 is 0 Å². The van der Waals surface area contributed by atoms with E-state index in [0.29, 0.717) is 24.0 Å². The van der Waals surface area contributed by atoms with Gasteiger partial charge in [-0.3, -0.25) is 9.48 Å². The van der Waals surface area contributed by atoms with Crippen LogP contribution >= 0.6 is 11.6 Å². The number of amides is 1. The average molecular weight is 394 g/mol. The summed E-state index contributed by atoms with van der Waals surface area (Å²) in [4.78, 5) is 15.1. The van der Waals surface area contributed by atoms with E-state index in [9.17, 15) is 4.79 Å². The van der Waals surface area contributed by atoms with Crippen LogP contribution in [0.3, 0.4) is 0 Å². The number of nitrogens with zero attached hydrogens (tertiary/aromatic N) is 3. The van der Waals surface area contributed by atoms with Crippen LogP contribution in [-0.4, -0.2) is 27.1 Å². The average Bonchev–Trinajstić information content (AvgIpc) is 3.49. The van der Waals surface area contributed by atoms with E-state index in [-0.39, 0.29) is 12.5 Å². The van der Waals surface area contributed by atoms with Crippen LogP contribution in [-0.2, 0) is 24.3 Å². The molecule has 144 valence electrons. The maximum Gasteiger partial charge on any atom is 0.244 e. The Morgan fingerprint density at radius 2 is 1.68 bits per heavy atom. The Morgan fingerprint density at radius 1 is 1.04 bits per heavy atom. The molecule has 0 unspecified atom stereocenters. The molecule has 1 saturated carbocycles. The molecule has 5 heteroatoms. The van der Waals surface area contributed by atoms with Crippen LogP contribution in [0.2, 0.25) is 5.02 Å². The zero-order valence-electron chi connectivity index (χ0n) is 15.8. The molecule has 1 aliphatic rings. The predicted molar refractivity (Wildman–Crippen MR) is 111 cm³/mol. The number of hydrogen-bond donors (Lipinski definition) is 0. The fourth-order valence-corrected chi connectivity index (χ4v) is 3.79. The lowest BCUT2D eigenvalue weighted by Gasteiger charge is -2.23. The Morgan fingerprint density at radius 3 is 2.32 bits per heavy atom. The molecule has 1 heterocycles. The van der Waals surface area contributed by atoms with Gasteiger partial charge in [0.25, 0.3) is 0 Å². The highest BCUT2D eigenvalue weighted by Gasteiger charge is 2.30. The van der Waals surface area contributed by atoms with Crippen molar-refractivity contribution in [1.29, 1.82) is 0 Å². The molecule has 1 fully saturated rings. The van der Waals surface area contributed by atoms with E-state index in [1.54, 1.807) is 10.9 Å². The molecule has 28 heavy (non-hydrogen) atoms. The van der Waals surface area contributed by atoms with Crippen molar-refractivity contribution in [3.05, 3.63) is 88.7 Å². The lowest BCUT2D eigenvalue weighted by Crippen LogP contribution is -2.35. The molecule has 0 radical (unpaired) electrons. The third-order valence-electron chi connectivity index (χ3n) is 5.16. The van der Waals surface area contributed by atoms with Gasteiger partial charge in [-0.1, -0.05) is 72.3 Å². The zero-order chi connectivity index (χ0) is 19.3. The van der Waals surface area contributed by atoms with Crippen LogP contribution in [0.15, 0.2) is 66.9 Å². The number of aromatic nitrogens is 2. The highest BCUT2D eigenvalue weighted by atomic mass is 35.5. The molecule has 0 atom stereocenters. The summed E-state index contributed by atoms with van der Waals surface area (Å²) in [6, 6.07) is 20.4. The summed E-state index contributed by atoms with van der Waals surface area (Å²) < 4.78 is 1.79. The van der Waals surface area contributed by atoms with Crippen molar-refractivity contribution < 1.29 is 4.79 Å². The standard InChI is InChI=1S/C23H24ClN3O/c24-21-15-25-27(23(21)20-11-12-20)17-22(28)26(16-19-9-5-2-6-10-19)14-13-18-7-3-1-4-8-18/h1-10,15,20H,11-14,16-17H2. The molecule has 3 aromatic rings. The largest absolute Gasteiger partial charge is 0.336 e. The van der Waals surface area contributed by atoms with Crippen molar-refractivity contribution in [2.24, 2.45) is 0 Å². The molecular formula is C23H24ClN3O. The van der Waals surface area contributed by atoms with Crippen molar-refractivity contribution in [3.8, 4) is 0 Å². The first-order chi connectivity index (χ1) is 13.7. The summed E-state index contributed by atoms with van der Waals surface area (Å²) in [5.41, 5.74) is 3.37. The van der Waals surface area contributed by atoms with Gasteiger partial charge in [0.2, 0.25) is 5.91 Å². The SMILES string of the molecule is O=C(Cn1ncc(Cl)c1C1CC1)N(CCc1ccccc1)Cc1ccccc1. The quantitative estimate of drug-likeness (QED) is 0.557. The molecular weight excluding hydrogens is 370 g/mol. The third kappa shape index (κ3) is 4.63. The zero-order valence-corrected chi connectivity index (χ0v) is 16.6. The van der Waals surface area contributed by atoms with Crippen LogP contribution in [0.5, 0.6) is 0 Å². The van der Waals surface area contributed by atoms with Crippen molar-refractivity contribution >= 4 is 17.5 Å². The summed E-state index contributed by atoms with van der Waals surface area (Å²) in [6.45, 7) is 1.51. The molecule has 0 aliphatic heterocycles. The Labute approximate surface area is 170 Å². The van der Waals surface area contributed by atoms with Crippen molar-refractivity contribution in [2.75, 3.05) is 6.54 Å². The molecule has 0 spiro atoms. The first-order valence-corrected chi connectivity index (χ1v) is 10.2. The Kier molecular flexibility index (Phi) is 5.77. The fourth-order valence-electron chi connectivity index (χ4n) is 3.49. The van der Waals surface area contributed by atoms with Gasteiger partial charge < -0.3 is 4.90 Å². The lowest BCUT2D eigenvalue weighted by molar-refractivity contribution is -0.132. The summed E-state index contributed by atoms with van der Waals surface area (Å²) in [7, 11) is 0. The van der Waals surface area contributed by atoms with Crippen LogP contribution in [0.1, 0.15) is 35.6 Å². The highest BCUT2D eigenvalue weighted by Crippen LogP contribution is 2.43. The van der Waals surface area contributed by atoms with Gasteiger partial charge in [-0.15, -0.1) is 0 Å². The van der Waals surface area contributed by atoms with Gasteiger partial charge in [0.15, 0.2) is 0 Å². The maximum absolute atomic E-state index is 13.2. The molecule has 1 aliphatic carbocycles. The smallest absolute Gasteiger partial charge is 0.244 e. The van der Waals surface area contributed by atoms with Crippen LogP contribution in [0.4, 0.5) is 0 Å². The second kappa shape index (κ2) is 8.61. The van der Waals surface area contributed by atoms with Crippen molar-refractivity contribution in [1.82, 2.24) is 14.7 Å². The summed E-state index contributed by atoms with van der Waals surface area (Å²) in [5.74, 6) is 0.524. The van der Waals surface area contributed by atoms with E-state index in [1.807, 2.05) is 41.3 Å². The van der Waals surface area contributed by atoms with Gasteiger partial charge >= 0.3 is 0 Å². The normalized spacial score (nSPS) is 13.5. The number of hydrogen-bond acceptors (Lipinski definition) is 2. The molecule has 4 rings (SSSR count). The van der Waals surface area contributed by atoms with Crippen molar-refractivity contribution in [3.63, 3.8) is 0 Å². The van der Waals surface area contributed by atoms with E-state index in [4.69, 9.17) is 11.6 Å². The Hall–Kier alpha value is -2.59. The second-order valence-electron chi connectivity index (χ2n) is 7.35. The van der Waals surface area contributed by atoms with Gasteiger partial charge in [-0.2, -0.15) is 5.10 Å². The minimum absolute atomic E-state index is 0.0708. The molecule has 0 saturated heterocycles. The Balaban J connectivity index is 1.49. The second-order valence-corrected chi connectivity index (χ2v) is 7.75. The number of carbonyl (C=O) groups is 1. The monoisotopic (exact) mass is 393 g/mol. The summed E-state index contributed by atoms with van der Waals surface area (Å²) in [6.07, 6.45) is 4.74. The first-order valence-electron chi connectivity index (χ1n) is 9.77. The molecule has 4 nitrogen and oxygen atoms in total. The lowest BCUT2D eigenvalue weighted by atomic mass is 10.1. The predicted octanol–water partition coefficient (Wildman–Crippen LogP) is 4.69. The number of halogens is 1. The fraction of sp³-hybridized carbons (Fsp3) is 0.304. The third-order valence-corrected chi connectivity index (χ3v) is 5.46. The van der Waals surface area contributed by atoms with E-state index in [2.05, 4.69) is 29.4 Å². The minimum atomic E-state index is 0.0708. The topological polar surface area (TPSA) is 38.1 Å². The molecule has 1 aromatic heterocycles. The van der Waals surface area contributed by atoms with Gasteiger partial charge in [-0.25, -0.2) is 0 Å². The van der Waals surface area contributed by atoms with Crippen molar-refractivity contribution in [2.45, 2.75) is 38.3 Å². The van der Waals surface area contributed by atoms with Crippen LogP contribution in [0, 0.1) is 0 Å². The number of benzene rings is 2. The molecule has 0 bridgehead atoms. The number of rotatable bonds is 8. The number of carbonyl (C=O) groups excluding carboxylic acids is 1. The highest BCUT2D eigenvalue weighted by molar-refractivity contribution is 6.31. The summed E-state index contributed by atoms with van der Waals surface area (Å²) in [5, 5.41) is 5.04. The molecule has 0 N–H and O–H groups in total. The van der Waals surface area contributed by atoms with Gasteiger partial charge in [0.05, 0.1) is 16.9 Å². The van der Waals surface area contributed by atoms with Crippen LogP contribution < -0.4 is 0 Å². The van der Waals surface area contributed by atoms with E-state index < -0.39 is 0 Å². The minimum Gasteiger partial charge on any atom is -0.336 e.